The van der Waals surface area contributed by atoms with E-state index in [4.69, 9.17) is 5.11 Å². The molecule has 0 radical (unpaired) electrons. The van der Waals surface area contributed by atoms with Gasteiger partial charge >= 0.3 is 5.97 Å². The molecule has 0 aliphatic rings. The molecule has 0 spiro atoms. The SMILES string of the molecule is CC(C)CS(=O)Cc1cccc(C(=O)O)c1. The molecule has 16 heavy (non-hydrogen) atoms. The Bertz CT molecular complexity index is 399. The first-order valence-corrected chi connectivity index (χ1v) is 6.65. The molecule has 88 valence electrons. The van der Waals surface area contributed by atoms with E-state index < -0.39 is 16.8 Å². The Kier molecular flexibility index (Phi) is 4.68. The molecule has 1 rings (SSSR count). The van der Waals surface area contributed by atoms with Crippen molar-refractivity contribution >= 4 is 16.8 Å². The van der Waals surface area contributed by atoms with Crippen LogP contribution in [0.15, 0.2) is 24.3 Å². The highest BCUT2D eigenvalue weighted by atomic mass is 32.2. The fraction of sp³-hybridized carbons (Fsp3) is 0.417. The topological polar surface area (TPSA) is 54.4 Å². The summed E-state index contributed by atoms with van der Waals surface area (Å²) in [4.78, 5) is 10.7. The second-order valence-electron chi connectivity index (χ2n) is 4.15. The minimum atomic E-state index is -0.948. The van der Waals surface area contributed by atoms with Gasteiger partial charge in [-0.1, -0.05) is 26.0 Å². The average molecular weight is 240 g/mol. The van der Waals surface area contributed by atoms with Crippen molar-refractivity contribution in [1.29, 1.82) is 0 Å². The summed E-state index contributed by atoms with van der Waals surface area (Å²) in [5.41, 5.74) is 1.07. The summed E-state index contributed by atoms with van der Waals surface area (Å²) >= 11 is 0. The lowest BCUT2D eigenvalue weighted by atomic mass is 10.1. The zero-order chi connectivity index (χ0) is 12.1. The Labute approximate surface area is 98.0 Å². The van der Waals surface area contributed by atoms with E-state index >= 15 is 0 Å². The van der Waals surface area contributed by atoms with Gasteiger partial charge in [-0.25, -0.2) is 4.79 Å². The average Bonchev–Trinajstić information content (AvgIpc) is 2.16. The van der Waals surface area contributed by atoms with E-state index in [1.165, 1.54) is 6.07 Å². The highest BCUT2D eigenvalue weighted by Crippen LogP contribution is 2.09. The third-order valence-corrected chi connectivity index (χ3v) is 3.71. The normalized spacial score (nSPS) is 12.7. The number of carbonyl (C=O) groups is 1. The maximum Gasteiger partial charge on any atom is 0.335 e. The maximum absolute atomic E-state index is 11.7. The van der Waals surface area contributed by atoms with Gasteiger partial charge in [0.1, 0.15) is 0 Å². The van der Waals surface area contributed by atoms with Gasteiger partial charge in [-0.2, -0.15) is 0 Å². The number of rotatable bonds is 5. The molecule has 1 atom stereocenters. The Morgan fingerprint density at radius 1 is 1.44 bits per heavy atom. The quantitative estimate of drug-likeness (QED) is 0.859. The summed E-state index contributed by atoms with van der Waals surface area (Å²) in [7, 11) is -0.916. The molecule has 0 aliphatic carbocycles. The van der Waals surface area contributed by atoms with E-state index in [9.17, 15) is 9.00 Å². The summed E-state index contributed by atoms with van der Waals surface area (Å²) in [5.74, 6) is 0.524. The number of benzene rings is 1. The molecule has 1 unspecified atom stereocenters. The van der Waals surface area contributed by atoms with E-state index in [1.807, 2.05) is 19.9 Å². The maximum atomic E-state index is 11.7. The van der Waals surface area contributed by atoms with Crippen molar-refractivity contribution in [2.75, 3.05) is 5.75 Å². The number of aromatic carboxylic acids is 1. The first-order valence-electron chi connectivity index (χ1n) is 5.16. The fourth-order valence-corrected chi connectivity index (χ4v) is 2.82. The van der Waals surface area contributed by atoms with Gasteiger partial charge in [-0.05, 0) is 23.6 Å². The van der Waals surface area contributed by atoms with Crippen LogP contribution in [0.25, 0.3) is 0 Å². The Morgan fingerprint density at radius 3 is 2.69 bits per heavy atom. The van der Waals surface area contributed by atoms with E-state index in [-0.39, 0.29) is 5.56 Å². The van der Waals surface area contributed by atoms with Crippen LogP contribution in [0.3, 0.4) is 0 Å². The minimum Gasteiger partial charge on any atom is -0.478 e. The number of carboxylic acid groups (broad SMARTS) is 1. The van der Waals surface area contributed by atoms with Gasteiger partial charge in [0.05, 0.1) is 5.56 Å². The summed E-state index contributed by atoms with van der Waals surface area (Å²) in [6.45, 7) is 4.04. The van der Waals surface area contributed by atoms with Gasteiger partial charge in [-0.3, -0.25) is 4.21 Å². The van der Waals surface area contributed by atoms with Crippen LogP contribution in [-0.4, -0.2) is 21.0 Å². The highest BCUT2D eigenvalue weighted by Gasteiger charge is 2.07. The molecule has 0 aliphatic heterocycles. The van der Waals surface area contributed by atoms with Crippen LogP contribution in [0.4, 0.5) is 0 Å². The Balaban J connectivity index is 2.70. The molecule has 0 heterocycles. The monoisotopic (exact) mass is 240 g/mol. The Morgan fingerprint density at radius 2 is 2.12 bits per heavy atom. The van der Waals surface area contributed by atoms with E-state index in [2.05, 4.69) is 0 Å². The van der Waals surface area contributed by atoms with Gasteiger partial charge < -0.3 is 5.11 Å². The van der Waals surface area contributed by atoms with E-state index in [0.717, 1.165) is 5.56 Å². The molecule has 1 aromatic carbocycles. The summed E-state index contributed by atoms with van der Waals surface area (Å²) in [5, 5.41) is 8.81. The second kappa shape index (κ2) is 5.80. The van der Waals surface area contributed by atoms with Crippen LogP contribution in [0.1, 0.15) is 29.8 Å². The van der Waals surface area contributed by atoms with Crippen LogP contribution < -0.4 is 0 Å². The molecule has 3 nitrogen and oxygen atoms in total. The molecule has 4 heteroatoms. The molecular formula is C12H16O3S. The first-order chi connectivity index (χ1) is 7.49. The molecule has 0 saturated carbocycles. The Hall–Kier alpha value is -1.16. The molecule has 1 aromatic rings. The predicted octanol–water partition coefficient (Wildman–Crippen LogP) is 2.29. The van der Waals surface area contributed by atoms with E-state index in [1.54, 1.807) is 12.1 Å². The fourth-order valence-electron chi connectivity index (χ4n) is 1.41. The van der Waals surface area contributed by atoms with Crippen molar-refractivity contribution in [3.8, 4) is 0 Å². The molecule has 0 aromatic heterocycles. The van der Waals surface area contributed by atoms with Crippen LogP contribution in [0.2, 0.25) is 0 Å². The van der Waals surface area contributed by atoms with Gasteiger partial charge in [-0.15, -0.1) is 0 Å². The van der Waals surface area contributed by atoms with Gasteiger partial charge in [0.15, 0.2) is 0 Å². The lowest BCUT2D eigenvalue weighted by molar-refractivity contribution is 0.0697. The first kappa shape index (κ1) is 12.9. The van der Waals surface area contributed by atoms with Crippen molar-refractivity contribution in [2.45, 2.75) is 19.6 Å². The molecule has 1 N–H and O–H groups in total. The van der Waals surface area contributed by atoms with Crippen molar-refractivity contribution in [3.05, 3.63) is 35.4 Å². The number of carboxylic acids is 1. The predicted molar refractivity (Wildman–Crippen MR) is 65.0 cm³/mol. The smallest absolute Gasteiger partial charge is 0.335 e. The molecule has 0 bridgehead atoms. The number of hydrogen-bond acceptors (Lipinski definition) is 2. The van der Waals surface area contributed by atoms with Crippen LogP contribution in [0, 0.1) is 5.92 Å². The van der Waals surface area contributed by atoms with Crippen molar-refractivity contribution in [1.82, 2.24) is 0 Å². The van der Waals surface area contributed by atoms with Gasteiger partial charge in [0, 0.05) is 22.3 Å². The summed E-state index contributed by atoms with van der Waals surface area (Å²) < 4.78 is 11.7. The standard InChI is InChI=1S/C12H16O3S/c1-9(2)7-16(15)8-10-4-3-5-11(6-10)12(13)14/h3-6,9H,7-8H2,1-2H3,(H,13,14). The van der Waals surface area contributed by atoms with Gasteiger partial charge in [0.25, 0.3) is 0 Å². The zero-order valence-corrected chi connectivity index (χ0v) is 10.3. The van der Waals surface area contributed by atoms with Gasteiger partial charge in [0.2, 0.25) is 0 Å². The van der Waals surface area contributed by atoms with Crippen LogP contribution in [0.5, 0.6) is 0 Å². The van der Waals surface area contributed by atoms with Crippen molar-refractivity contribution in [3.63, 3.8) is 0 Å². The molecule has 0 fully saturated rings. The van der Waals surface area contributed by atoms with Crippen LogP contribution >= 0.6 is 0 Å². The lowest BCUT2D eigenvalue weighted by Crippen LogP contribution is -2.07. The largest absolute Gasteiger partial charge is 0.478 e. The zero-order valence-electron chi connectivity index (χ0n) is 9.47. The molecular weight excluding hydrogens is 224 g/mol. The van der Waals surface area contributed by atoms with Crippen molar-refractivity contribution < 1.29 is 14.1 Å². The minimum absolute atomic E-state index is 0.249. The number of hydrogen-bond donors (Lipinski definition) is 1. The lowest BCUT2D eigenvalue weighted by Gasteiger charge is -2.05. The second-order valence-corrected chi connectivity index (χ2v) is 5.65. The third-order valence-electron chi connectivity index (χ3n) is 2.02. The van der Waals surface area contributed by atoms with Crippen molar-refractivity contribution in [2.24, 2.45) is 5.92 Å². The molecule has 0 saturated heterocycles. The van der Waals surface area contributed by atoms with Crippen LogP contribution in [-0.2, 0) is 16.6 Å². The summed E-state index contributed by atoms with van der Waals surface area (Å²) in [6.07, 6.45) is 0. The third kappa shape index (κ3) is 4.14. The summed E-state index contributed by atoms with van der Waals surface area (Å²) in [6, 6.07) is 6.62. The van der Waals surface area contributed by atoms with E-state index in [0.29, 0.717) is 17.4 Å². The molecule has 0 amide bonds. The highest BCUT2D eigenvalue weighted by molar-refractivity contribution is 7.84.